The maximum absolute atomic E-state index is 12.8. The molecular formula is C42H82N2O6P+. The summed E-state index contributed by atoms with van der Waals surface area (Å²) in [6.07, 6.45) is 40.9. The number of likely N-dealkylation sites (N-methyl/N-ethyl adjacent to an activating group) is 1. The van der Waals surface area contributed by atoms with Gasteiger partial charge in [0.1, 0.15) is 13.2 Å². The molecule has 3 atom stereocenters. The molecule has 0 aliphatic heterocycles. The largest absolute Gasteiger partial charge is 0.472 e. The summed E-state index contributed by atoms with van der Waals surface area (Å²) >= 11 is 0. The molecule has 1 amide bonds. The molecule has 300 valence electrons. The zero-order chi connectivity index (χ0) is 37.9. The second kappa shape index (κ2) is 34.5. The van der Waals surface area contributed by atoms with Gasteiger partial charge in [-0.1, -0.05) is 153 Å². The van der Waals surface area contributed by atoms with Crippen molar-refractivity contribution < 1.29 is 32.9 Å². The summed E-state index contributed by atoms with van der Waals surface area (Å²) in [5.74, 6) is -0.194. The lowest BCUT2D eigenvalue weighted by molar-refractivity contribution is -0.870. The van der Waals surface area contributed by atoms with Gasteiger partial charge in [0.25, 0.3) is 0 Å². The van der Waals surface area contributed by atoms with Gasteiger partial charge in [-0.3, -0.25) is 13.8 Å². The number of carbonyl (C=O) groups excluding carboxylic acids is 1. The number of rotatable bonds is 37. The highest BCUT2D eigenvalue weighted by Gasteiger charge is 2.27. The van der Waals surface area contributed by atoms with Gasteiger partial charge < -0.3 is 19.8 Å². The van der Waals surface area contributed by atoms with Crippen LogP contribution in [0.1, 0.15) is 174 Å². The first-order valence-electron chi connectivity index (χ1n) is 20.9. The molecule has 0 saturated carbocycles. The van der Waals surface area contributed by atoms with Crippen molar-refractivity contribution in [1.29, 1.82) is 0 Å². The molecule has 0 radical (unpaired) electrons. The van der Waals surface area contributed by atoms with E-state index >= 15 is 0 Å². The predicted octanol–water partition coefficient (Wildman–Crippen LogP) is 11.1. The molecule has 0 heterocycles. The Morgan fingerprint density at radius 1 is 0.647 bits per heavy atom. The van der Waals surface area contributed by atoms with E-state index in [1.165, 1.54) is 116 Å². The van der Waals surface area contributed by atoms with Crippen molar-refractivity contribution in [3.8, 4) is 0 Å². The van der Waals surface area contributed by atoms with Crippen LogP contribution in [-0.4, -0.2) is 73.4 Å². The van der Waals surface area contributed by atoms with Crippen molar-refractivity contribution in [3.63, 3.8) is 0 Å². The van der Waals surface area contributed by atoms with Gasteiger partial charge in [0.2, 0.25) is 5.91 Å². The number of phosphoric acid groups is 1. The van der Waals surface area contributed by atoms with Crippen LogP contribution in [0.5, 0.6) is 0 Å². The quantitative estimate of drug-likeness (QED) is 0.0253. The van der Waals surface area contributed by atoms with Gasteiger partial charge in [-0.2, -0.15) is 0 Å². The number of unbranched alkanes of at least 4 members (excludes halogenated alkanes) is 20. The molecule has 51 heavy (non-hydrogen) atoms. The van der Waals surface area contributed by atoms with E-state index < -0.39 is 20.0 Å². The summed E-state index contributed by atoms with van der Waals surface area (Å²) in [6, 6.07) is -0.860. The molecule has 3 N–H and O–H groups in total. The van der Waals surface area contributed by atoms with Crippen molar-refractivity contribution in [2.45, 2.75) is 187 Å². The number of allylic oxidation sites excluding steroid dienone is 5. The van der Waals surface area contributed by atoms with Gasteiger partial charge in [0.05, 0.1) is 39.9 Å². The molecule has 0 aliphatic carbocycles. The SMILES string of the molecule is CCCC/C=C/CC/C=C/C(O)C(COP(=O)(O)OCC[N+](C)(C)C)NC(=O)CCCCCCCCCCC/C=C\CCCCCCCCCC. The highest BCUT2D eigenvalue weighted by Crippen LogP contribution is 2.43. The number of carbonyl (C=O) groups is 1. The van der Waals surface area contributed by atoms with Crippen LogP contribution in [0.3, 0.4) is 0 Å². The molecule has 0 rings (SSSR count). The molecule has 0 aliphatic rings. The average molecular weight is 742 g/mol. The molecule has 8 nitrogen and oxygen atoms in total. The van der Waals surface area contributed by atoms with Crippen molar-refractivity contribution in [2.24, 2.45) is 0 Å². The number of nitrogens with one attached hydrogen (secondary N) is 1. The standard InChI is InChI=1S/C42H81N2O6P/c1-6-8-10-12-14-16-17-18-19-20-21-22-23-24-25-26-27-28-30-32-34-36-42(46)43-40(39-50-51(47,48)49-38-37-44(3,4)5)41(45)35-33-31-29-15-13-11-9-7-2/h13,15,20-21,33,35,40-41,45H,6-12,14,16-19,22-32,34,36-39H2,1-5H3,(H-,43,46,47,48)/p+1/b15-13+,21-20-,35-33+. The van der Waals surface area contributed by atoms with Crippen LogP contribution >= 0.6 is 7.82 Å². The van der Waals surface area contributed by atoms with Crippen LogP contribution < -0.4 is 5.32 Å². The number of phosphoric ester groups is 1. The number of hydrogen-bond acceptors (Lipinski definition) is 5. The second-order valence-corrected chi connectivity index (χ2v) is 16.8. The van der Waals surface area contributed by atoms with Gasteiger partial charge in [0, 0.05) is 6.42 Å². The lowest BCUT2D eigenvalue weighted by Gasteiger charge is -2.25. The molecule has 0 aromatic rings. The minimum Gasteiger partial charge on any atom is -0.387 e. The molecule has 0 spiro atoms. The molecule has 0 fully saturated rings. The molecular weight excluding hydrogens is 659 g/mol. The number of hydrogen-bond donors (Lipinski definition) is 3. The maximum Gasteiger partial charge on any atom is 0.472 e. The normalized spacial score (nSPS) is 14.9. The Hall–Kier alpha value is -1.28. The van der Waals surface area contributed by atoms with E-state index in [0.29, 0.717) is 17.4 Å². The first-order chi connectivity index (χ1) is 24.5. The molecule has 9 heteroatoms. The zero-order valence-electron chi connectivity index (χ0n) is 33.8. The smallest absolute Gasteiger partial charge is 0.387 e. The van der Waals surface area contributed by atoms with Crippen LogP contribution in [0.15, 0.2) is 36.5 Å². The van der Waals surface area contributed by atoms with Gasteiger partial charge in [-0.25, -0.2) is 4.57 Å². The molecule has 0 saturated heterocycles. The number of quaternary nitrogens is 1. The van der Waals surface area contributed by atoms with Crippen LogP contribution in [0.25, 0.3) is 0 Å². The van der Waals surface area contributed by atoms with Gasteiger partial charge in [-0.05, 0) is 51.4 Å². The van der Waals surface area contributed by atoms with Gasteiger partial charge in [-0.15, -0.1) is 0 Å². The summed E-state index contributed by atoms with van der Waals surface area (Å²) in [4.78, 5) is 23.0. The Morgan fingerprint density at radius 2 is 1.10 bits per heavy atom. The van der Waals surface area contributed by atoms with E-state index in [0.717, 1.165) is 38.5 Å². The Bertz CT molecular complexity index is 933. The Kier molecular flexibility index (Phi) is 33.6. The fourth-order valence-corrected chi connectivity index (χ4v) is 6.42. The summed E-state index contributed by atoms with van der Waals surface area (Å²) in [5, 5.41) is 13.7. The maximum atomic E-state index is 12.8. The third kappa shape index (κ3) is 36.9. The second-order valence-electron chi connectivity index (χ2n) is 15.4. The van der Waals surface area contributed by atoms with Crippen LogP contribution in [0.4, 0.5) is 0 Å². The Labute approximate surface area is 315 Å². The third-order valence-corrected chi connectivity index (χ3v) is 10.1. The average Bonchev–Trinajstić information content (AvgIpc) is 3.07. The monoisotopic (exact) mass is 742 g/mol. The van der Waals surface area contributed by atoms with Gasteiger partial charge in [0.15, 0.2) is 0 Å². The van der Waals surface area contributed by atoms with Gasteiger partial charge >= 0.3 is 7.82 Å². The summed E-state index contributed by atoms with van der Waals surface area (Å²) in [7, 11) is 1.55. The summed E-state index contributed by atoms with van der Waals surface area (Å²) in [6.45, 7) is 4.70. The number of nitrogens with zero attached hydrogens (tertiary/aromatic N) is 1. The molecule has 0 aromatic heterocycles. The van der Waals surface area contributed by atoms with E-state index in [-0.39, 0.29) is 19.1 Å². The molecule has 0 aromatic carbocycles. The lowest BCUT2D eigenvalue weighted by Crippen LogP contribution is -2.45. The van der Waals surface area contributed by atoms with E-state index in [4.69, 9.17) is 9.05 Å². The lowest BCUT2D eigenvalue weighted by atomic mass is 10.0. The minimum atomic E-state index is -4.33. The zero-order valence-corrected chi connectivity index (χ0v) is 34.7. The summed E-state index contributed by atoms with van der Waals surface area (Å²) < 4.78 is 23.4. The minimum absolute atomic E-state index is 0.0552. The number of aliphatic hydroxyl groups excluding tert-OH is 1. The summed E-state index contributed by atoms with van der Waals surface area (Å²) in [5.41, 5.74) is 0. The first-order valence-corrected chi connectivity index (χ1v) is 22.4. The van der Waals surface area contributed by atoms with E-state index in [1.54, 1.807) is 6.08 Å². The van der Waals surface area contributed by atoms with Crippen molar-refractivity contribution in [1.82, 2.24) is 5.32 Å². The Morgan fingerprint density at radius 3 is 1.63 bits per heavy atom. The number of aliphatic hydroxyl groups is 1. The number of amides is 1. The van der Waals surface area contributed by atoms with E-state index in [1.807, 2.05) is 27.2 Å². The van der Waals surface area contributed by atoms with E-state index in [9.17, 15) is 19.4 Å². The predicted molar refractivity (Wildman–Crippen MR) is 217 cm³/mol. The van der Waals surface area contributed by atoms with Crippen molar-refractivity contribution in [3.05, 3.63) is 36.5 Å². The van der Waals surface area contributed by atoms with Crippen molar-refractivity contribution in [2.75, 3.05) is 40.9 Å². The Balaban J connectivity index is 4.27. The topological polar surface area (TPSA) is 105 Å². The highest BCUT2D eigenvalue weighted by atomic mass is 31.2. The first kappa shape index (κ1) is 49.7. The van der Waals surface area contributed by atoms with Crippen LogP contribution in [-0.2, 0) is 18.4 Å². The van der Waals surface area contributed by atoms with Crippen LogP contribution in [0, 0.1) is 0 Å². The highest BCUT2D eigenvalue weighted by molar-refractivity contribution is 7.47. The third-order valence-electron chi connectivity index (χ3n) is 9.08. The fraction of sp³-hybridized carbons (Fsp3) is 0.833. The van der Waals surface area contributed by atoms with Crippen molar-refractivity contribution >= 4 is 13.7 Å². The molecule has 3 unspecified atom stereocenters. The molecule has 0 bridgehead atoms. The van der Waals surface area contributed by atoms with Crippen LogP contribution in [0.2, 0.25) is 0 Å². The fourth-order valence-electron chi connectivity index (χ4n) is 5.68. The van der Waals surface area contributed by atoms with E-state index in [2.05, 4.69) is 43.5 Å².